The first-order valence-corrected chi connectivity index (χ1v) is 12.8. The highest BCUT2D eigenvalue weighted by Crippen LogP contribution is 2.43. The number of benzene rings is 2. The number of aryl methyl sites for hydroxylation is 1. The van der Waals surface area contributed by atoms with Gasteiger partial charge < -0.3 is 29.6 Å². The topological polar surface area (TPSA) is 90.0 Å². The zero-order chi connectivity index (χ0) is 24.9. The molecule has 0 saturated carbocycles. The Bertz CT molecular complexity index is 1220. The molecule has 2 aliphatic rings. The molecule has 0 amide bonds. The third kappa shape index (κ3) is 5.66. The molecule has 1 fully saturated rings. The van der Waals surface area contributed by atoms with E-state index < -0.39 is 0 Å². The summed E-state index contributed by atoms with van der Waals surface area (Å²) < 4.78 is 24.3. The van der Waals surface area contributed by atoms with Gasteiger partial charge in [-0.15, -0.1) is 0 Å². The summed E-state index contributed by atoms with van der Waals surface area (Å²) in [6, 6.07) is 9.93. The molecule has 2 aliphatic heterocycles. The number of ether oxygens (including phenoxy) is 4. The molecule has 0 bridgehead atoms. The summed E-state index contributed by atoms with van der Waals surface area (Å²) in [5.41, 5.74) is 3.70. The van der Waals surface area contributed by atoms with E-state index in [1.807, 2.05) is 31.2 Å². The molecule has 0 aliphatic carbocycles. The molecule has 3 heterocycles. The van der Waals surface area contributed by atoms with Gasteiger partial charge in [0.2, 0.25) is 5.88 Å². The summed E-state index contributed by atoms with van der Waals surface area (Å²) in [5.74, 6) is 3.06. The Morgan fingerprint density at radius 1 is 1.14 bits per heavy atom. The number of halogens is 1. The fourth-order valence-corrected chi connectivity index (χ4v) is 4.81. The van der Waals surface area contributed by atoms with Crippen LogP contribution in [0.2, 0.25) is 0 Å². The van der Waals surface area contributed by atoms with Gasteiger partial charge in [0.05, 0.1) is 32.6 Å². The first-order chi connectivity index (χ1) is 17.6. The second-order valence-corrected chi connectivity index (χ2v) is 9.59. The smallest absolute Gasteiger partial charge is 0.248 e. The quantitative estimate of drug-likeness (QED) is 0.367. The normalized spacial score (nSPS) is 15.1. The minimum absolute atomic E-state index is 0.440. The fraction of sp³-hybridized carbons (Fsp3) is 0.385. The van der Waals surface area contributed by atoms with Crippen LogP contribution in [0, 0.1) is 6.92 Å². The van der Waals surface area contributed by atoms with Crippen LogP contribution in [0.25, 0.3) is 0 Å². The molecule has 10 heteroatoms. The molecule has 3 aromatic rings. The van der Waals surface area contributed by atoms with E-state index in [1.54, 1.807) is 7.11 Å². The number of nitrogens with one attached hydrogen (secondary N) is 2. The maximum Gasteiger partial charge on any atom is 0.248 e. The number of fused-ring (bicyclic) bond motifs is 2. The Morgan fingerprint density at radius 3 is 2.81 bits per heavy atom. The highest BCUT2D eigenvalue weighted by molar-refractivity contribution is 9.10. The van der Waals surface area contributed by atoms with Crippen LogP contribution < -0.4 is 24.8 Å². The summed E-state index contributed by atoms with van der Waals surface area (Å²) in [6.07, 6.45) is 2.42. The van der Waals surface area contributed by atoms with Crippen LogP contribution in [0.3, 0.4) is 0 Å². The zero-order valence-corrected chi connectivity index (χ0v) is 22.1. The second kappa shape index (κ2) is 11.3. The van der Waals surface area contributed by atoms with E-state index in [0.29, 0.717) is 47.8 Å². The Morgan fingerprint density at radius 2 is 2.00 bits per heavy atom. The summed E-state index contributed by atoms with van der Waals surface area (Å²) in [4.78, 5) is 11.2. The van der Waals surface area contributed by atoms with Crippen molar-refractivity contribution < 1.29 is 18.9 Å². The predicted octanol–water partition coefficient (Wildman–Crippen LogP) is 5.12. The van der Waals surface area contributed by atoms with Crippen molar-refractivity contribution in [3.63, 3.8) is 0 Å². The highest BCUT2D eigenvalue weighted by Gasteiger charge is 2.22. The number of rotatable bonds is 8. The van der Waals surface area contributed by atoms with E-state index in [1.165, 1.54) is 11.9 Å². The number of aromatic nitrogens is 2. The standard InChI is InChI=1S/C26H30BrN5O4/c1-17-4-5-20(19(27)12-17)31-25-24-26(30-16-29-25)36-21-14-22(33-2)23(13-18(21)15-28-24)35-9-3-6-32-7-10-34-11-8-32/h4-5,12-14,16,28H,3,6-11,15H2,1-2H3,(H,29,30,31). The highest BCUT2D eigenvalue weighted by atomic mass is 79.9. The van der Waals surface area contributed by atoms with Crippen molar-refractivity contribution in [2.24, 2.45) is 0 Å². The molecule has 36 heavy (non-hydrogen) atoms. The maximum atomic E-state index is 6.21. The summed E-state index contributed by atoms with van der Waals surface area (Å²) >= 11 is 3.62. The number of anilines is 3. The van der Waals surface area contributed by atoms with Crippen LogP contribution >= 0.6 is 15.9 Å². The lowest BCUT2D eigenvalue weighted by Crippen LogP contribution is -2.37. The summed E-state index contributed by atoms with van der Waals surface area (Å²) in [5, 5.41) is 6.81. The molecular formula is C26H30BrN5O4. The molecule has 0 radical (unpaired) electrons. The average Bonchev–Trinajstić information content (AvgIpc) is 3.07. The van der Waals surface area contributed by atoms with Gasteiger partial charge in [-0.25, -0.2) is 4.98 Å². The number of morpholine rings is 1. The SMILES string of the molecule is COc1cc2c(cc1OCCCN1CCOCC1)CNc1c(Nc3ccc(C)cc3Br)ncnc1O2. The molecule has 1 aromatic heterocycles. The molecule has 0 atom stereocenters. The maximum absolute atomic E-state index is 6.21. The third-order valence-corrected chi connectivity index (χ3v) is 6.84. The first-order valence-electron chi connectivity index (χ1n) is 12.0. The number of hydrogen-bond acceptors (Lipinski definition) is 9. The van der Waals surface area contributed by atoms with E-state index in [9.17, 15) is 0 Å². The van der Waals surface area contributed by atoms with Crippen molar-refractivity contribution in [1.82, 2.24) is 14.9 Å². The lowest BCUT2D eigenvalue weighted by Gasteiger charge is -2.26. The Labute approximate surface area is 219 Å². The minimum atomic E-state index is 0.440. The Balaban J connectivity index is 1.30. The lowest BCUT2D eigenvalue weighted by atomic mass is 10.1. The van der Waals surface area contributed by atoms with Crippen molar-refractivity contribution >= 4 is 33.1 Å². The first kappa shape index (κ1) is 24.6. The van der Waals surface area contributed by atoms with Crippen molar-refractivity contribution in [2.45, 2.75) is 19.9 Å². The van der Waals surface area contributed by atoms with E-state index in [4.69, 9.17) is 18.9 Å². The molecule has 2 aromatic carbocycles. The van der Waals surface area contributed by atoms with Gasteiger partial charge in [0.15, 0.2) is 17.3 Å². The van der Waals surface area contributed by atoms with Crippen molar-refractivity contribution in [3.05, 3.63) is 52.3 Å². The molecule has 0 unspecified atom stereocenters. The van der Waals surface area contributed by atoms with Crippen molar-refractivity contribution in [2.75, 3.05) is 57.2 Å². The largest absolute Gasteiger partial charge is 0.493 e. The Kier molecular flexibility index (Phi) is 7.74. The van der Waals surface area contributed by atoms with E-state index in [2.05, 4.69) is 47.5 Å². The van der Waals surface area contributed by atoms with Crippen molar-refractivity contribution in [3.8, 4) is 23.1 Å². The third-order valence-electron chi connectivity index (χ3n) is 6.18. The van der Waals surface area contributed by atoms with Gasteiger partial charge >= 0.3 is 0 Å². The van der Waals surface area contributed by atoms with Crippen molar-refractivity contribution in [1.29, 1.82) is 0 Å². The van der Waals surface area contributed by atoms with Gasteiger partial charge in [0.1, 0.15) is 17.8 Å². The minimum Gasteiger partial charge on any atom is -0.493 e. The fourth-order valence-electron chi connectivity index (χ4n) is 4.22. The number of hydrogen-bond donors (Lipinski definition) is 2. The second-order valence-electron chi connectivity index (χ2n) is 8.73. The monoisotopic (exact) mass is 555 g/mol. The van der Waals surface area contributed by atoms with Crippen LogP contribution in [0.4, 0.5) is 17.2 Å². The molecule has 190 valence electrons. The van der Waals surface area contributed by atoms with Gasteiger partial charge in [-0.3, -0.25) is 4.90 Å². The van der Waals surface area contributed by atoms with Crippen LogP contribution in [-0.2, 0) is 11.3 Å². The lowest BCUT2D eigenvalue weighted by molar-refractivity contribution is 0.0357. The van der Waals surface area contributed by atoms with Crippen LogP contribution in [0.15, 0.2) is 41.1 Å². The predicted molar refractivity (Wildman–Crippen MR) is 142 cm³/mol. The number of nitrogens with zero attached hydrogens (tertiary/aromatic N) is 3. The van der Waals surface area contributed by atoms with Crippen LogP contribution in [0.1, 0.15) is 17.5 Å². The van der Waals surface area contributed by atoms with E-state index in [0.717, 1.165) is 55.0 Å². The summed E-state index contributed by atoms with van der Waals surface area (Å²) in [6.45, 7) is 7.73. The van der Waals surface area contributed by atoms with Crippen LogP contribution in [0.5, 0.6) is 23.1 Å². The Hall–Kier alpha value is -3.08. The van der Waals surface area contributed by atoms with Gasteiger partial charge in [-0.2, -0.15) is 4.98 Å². The number of methoxy groups -OCH3 is 1. The van der Waals surface area contributed by atoms with Crippen LogP contribution in [-0.4, -0.2) is 61.4 Å². The molecular weight excluding hydrogens is 526 g/mol. The molecule has 2 N–H and O–H groups in total. The van der Waals surface area contributed by atoms with Gasteiger partial charge in [0, 0.05) is 42.3 Å². The van der Waals surface area contributed by atoms with E-state index >= 15 is 0 Å². The zero-order valence-electron chi connectivity index (χ0n) is 20.5. The molecule has 1 saturated heterocycles. The summed E-state index contributed by atoms with van der Waals surface area (Å²) in [7, 11) is 1.63. The molecule has 5 rings (SSSR count). The molecule has 9 nitrogen and oxygen atoms in total. The average molecular weight is 556 g/mol. The molecule has 0 spiro atoms. The van der Waals surface area contributed by atoms with Gasteiger partial charge in [-0.1, -0.05) is 6.07 Å². The van der Waals surface area contributed by atoms with Gasteiger partial charge in [-0.05, 0) is 53.0 Å². The van der Waals surface area contributed by atoms with E-state index in [-0.39, 0.29) is 0 Å². The van der Waals surface area contributed by atoms with Gasteiger partial charge in [0.25, 0.3) is 0 Å².